The van der Waals surface area contributed by atoms with Crippen molar-refractivity contribution in [2.75, 3.05) is 11.5 Å². The Morgan fingerprint density at radius 3 is 2.15 bits per heavy atom. The minimum atomic E-state index is -1.43. The Morgan fingerprint density at radius 2 is 1.50 bits per heavy atom. The maximum absolute atomic E-state index is 13.3. The van der Waals surface area contributed by atoms with Crippen molar-refractivity contribution in [3.63, 3.8) is 0 Å². The monoisotopic (exact) mass is 551 g/mol. The van der Waals surface area contributed by atoms with Gasteiger partial charge in [-0.15, -0.1) is 0 Å². The molecule has 3 aromatic carbocycles. The van der Waals surface area contributed by atoms with Crippen LogP contribution in [0.5, 0.6) is 0 Å². The van der Waals surface area contributed by atoms with Gasteiger partial charge >= 0.3 is 0 Å². The van der Waals surface area contributed by atoms with Gasteiger partial charge in [0.05, 0.1) is 30.8 Å². The molecule has 2 saturated heterocycles. The average Bonchev–Trinajstić information content (AvgIpc) is 2.97. The third-order valence-electron chi connectivity index (χ3n) is 8.00. The molecule has 0 spiro atoms. The van der Waals surface area contributed by atoms with Crippen LogP contribution < -0.4 is 4.90 Å². The first-order chi connectivity index (χ1) is 19.3. The van der Waals surface area contributed by atoms with Crippen LogP contribution in [0.25, 0.3) is 0 Å². The highest BCUT2D eigenvalue weighted by atomic mass is 19.1. The molecular weight excluding hydrogens is 517 g/mol. The zero-order valence-corrected chi connectivity index (χ0v) is 21.8. The third kappa shape index (κ3) is 5.67. The summed E-state index contributed by atoms with van der Waals surface area (Å²) in [7, 11) is 0. The number of ether oxygens (including phenoxy) is 1. The quantitative estimate of drug-likeness (QED) is 0.258. The number of benzene rings is 3. The lowest BCUT2D eigenvalue weighted by atomic mass is 9.78. The molecule has 2 fully saturated rings. The maximum Gasteiger partial charge on any atom is 0.233 e. The minimum absolute atomic E-state index is 0.0344. The van der Waals surface area contributed by atoms with Gasteiger partial charge < -0.3 is 35.2 Å². The van der Waals surface area contributed by atoms with Crippen LogP contribution in [0.2, 0.25) is 0 Å². The van der Waals surface area contributed by atoms with E-state index in [2.05, 4.69) is 0 Å². The Bertz CT molecular complexity index is 1270. The number of aliphatic hydroxyl groups is 5. The standard InChI is InChI=1S/C31H34FNO7/c32-21-12-10-19(11-13-21)24(35)15-14-23-27(33(31(23)39)22-4-2-1-3-5-22)20-8-6-18(7-9-20)16-25-28(36)30(38)29(37)26(17-34)40-25/h1-13,23-30,34-38H,14-17H2/t23-,24+,25+,26-,27-,28-,29-,30-/m1/s1. The van der Waals surface area contributed by atoms with Crippen molar-refractivity contribution in [3.8, 4) is 0 Å². The Balaban J connectivity index is 1.32. The smallest absolute Gasteiger partial charge is 0.233 e. The van der Waals surface area contributed by atoms with E-state index in [0.29, 0.717) is 18.4 Å². The van der Waals surface area contributed by atoms with Gasteiger partial charge in [0.1, 0.15) is 30.2 Å². The van der Waals surface area contributed by atoms with E-state index >= 15 is 0 Å². The van der Waals surface area contributed by atoms with E-state index in [1.807, 2.05) is 54.6 Å². The van der Waals surface area contributed by atoms with Crippen LogP contribution in [0.3, 0.4) is 0 Å². The van der Waals surface area contributed by atoms with Crippen LogP contribution in [0, 0.1) is 11.7 Å². The lowest BCUT2D eigenvalue weighted by molar-refractivity contribution is -0.228. The molecule has 0 unspecified atom stereocenters. The van der Waals surface area contributed by atoms with E-state index in [1.54, 1.807) is 17.0 Å². The predicted octanol–water partition coefficient (Wildman–Crippen LogP) is 2.43. The largest absolute Gasteiger partial charge is 0.394 e. The molecule has 0 radical (unpaired) electrons. The normalized spacial score (nSPS) is 29.2. The number of hydrogen-bond acceptors (Lipinski definition) is 7. The number of carbonyl (C=O) groups is 1. The van der Waals surface area contributed by atoms with Crippen LogP contribution in [0.1, 0.15) is 41.7 Å². The van der Waals surface area contributed by atoms with Crippen molar-refractivity contribution in [1.29, 1.82) is 0 Å². The van der Waals surface area contributed by atoms with Gasteiger partial charge in [0.15, 0.2) is 0 Å². The van der Waals surface area contributed by atoms with Gasteiger partial charge in [0.25, 0.3) is 0 Å². The number of halogens is 1. The molecule has 1 amide bonds. The number of amides is 1. The van der Waals surface area contributed by atoms with Crippen molar-refractivity contribution < 1.29 is 39.5 Å². The summed E-state index contributed by atoms with van der Waals surface area (Å²) in [5.41, 5.74) is 3.09. The number of nitrogens with zero attached hydrogens (tertiary/aromatic N) is 1. The summed E-state index contributed by atoms with van der Waals surface area (Å²) < 4.78 is 18.9. The van der Waals surface area contributed by atoms with Crippen LogP contribution in [0.15, 0.2) is 78.9 Å². The summed E-state index contributed by atoms with van der Waals surface area (Å²) in [6, 6.07) is 22.4. The molecule has 9 heteroatoms. The Labute approximate surface area is 231 Å². The van der Waals surface area contributed by atoms with E-state index in [9.17, 15) is 34.7 Å². The van der Waals surface area contributed by atoms with E-state index in [1.165, 1.54) is 12.1 Å². The van der Waals surface area contributed by atoms with Crippen LogP contribution in [-0.4, -0.2) is 68.6 Å². The highest BCUT2D eigenvalue weighted by Crippen LogP contribution is 2.46. The molecule has 2 aliphatic heterocycles. The topological polar surface area (TPSA) is 131 Å². The number of rotatable bonds is 9. The van der Waals surface area contributed by atoms with Crippen LogP contribution >= 0.6 is 0 Å². The summed E-state index contributed by atoms with van der Waals surface area (Å²) >= 11 is 0. The second kappa shape index (κ2) is 12.1. The van der Waals surface area contributed by atoms with Gasteiger partial charge in [-0.3, -0.25) is 4.79 Å². The summed E-state index contributed by atoms with van der Waals surface area (Å²) in [6.45, 7) is -0.483. The molecule has 0 aromatic heterocycles. The van der Waals surface area contributed by atoms with E-state index in [-0.39, 0.29) is 30.1 Å². The van der Waals surface area contributed by atoms with Crippen LogP contribution in [-0.2, 0) is 16.0 Å². The molecule has 5 N–H and O–H groups in total. The van der Waals surface area contributed by atoms with Gasteiger partial charge in [-0.2, -0.15) is 0 Å². The fourth-order valence-corrected chi connectivity index (χ4v) is 5.71. The predicted molar refractivity (Wildman–Crippen MR) is 145 cm³/mol. The number of anilines is 1. The van der Waals surface area contributed by atoms with Crippen molar-refractivity contribution in [3.05, 3.63) is 101 Å². The van der Waals surface area contributed by atoms with Gasteiger partial charge in [-0.1, -0.05) is 54.6 Å². The average molecular weight is 552 g/mol. The van der Waals surface area contributed by atoms with E-state index in [4.69, 9.17) is 4.74 Å². The summed E-state index contributed by atoms with van der Waals surface area (Å²) in [6.07, 6.45) is -5.70. The molecule has 2 aliphatic rings. The maximum atomic E-state index is 13.3. The molecule has 2 heterocycles. The second-order valence-corrected chi connectivity index (χ2v) is 10.6. The molecule has 40 heavy (non-hydrogen) atoms. The molecule has 0 aliphatic carbocycles. The molecule has 8 atom stereocenters. The first kappa shape index (κ1) is 28.4. The van der Waals surface area contributed by atoms with Gasteiger partial charge in [-0.05, 0) is 53.8 Å². The fraction of sp³-hybridized carbons (Fsp3) is 0.387. The molecule has 8 nitrogen and oxygen atoms in total. The molecular formula is C31H34FNO7. The third-order valence-corrected chi connectivity index (χ3v) is 8.00. The van der Waals surface area contributed by atoms with Crippen molar-refractivity contribution in [1.82, 2.24) is 0 Å². The lowest BCUT2D eigenvalue weighted by Gasteiger charge is -2.48. The van der Waals surface area contributed by atoms with E-state index in [0.717, 1.165) is 16.8 Å². The first-order valence-electron chi connectivity index (χ1n) is 13.5. The van der Waals surface area contributed by atoms with Crippen molar-refractivity contribution in [2.45, 2.75) is 61.9 Å². The zero-order chi connectivity index (χ0) is 28.4. The minimum Gasteiger partial charge on any atom is -0.394 e. The highest BCUT2D eigenvalue weighted by molar-refractivity contribution is 6.03. The summed E-state index contributed by atoms with van der Waals surface area (Å²) in [5, 5.41) is 50.7. The fourth-order valence-electron chi connectivity index (χ4n) is 5.71. The molecule has 0 bridgehead atoms. The lowest BCUT2D eigenvalue weighted by Crippen LogP contribution is -2.59. The molecule has 0 saturated carbocycles. The van der Waals surface area contributed by atoms with Crippen molar-refractivity contribution in [2.24, 2.45) is 5.92 Å². The van der Waals surface area contributed by atoms with Gasteiger partial charge in [0, 0.05) is 12.1 Å². The molecule has 212 valence electrons. The molecule has 5 rings (SSSR count). The first-order valence-corrected chi connectivity index (χ1v) is 13.5. The SMILES string of the molecule is O=C1[C@H](CC[C@H](O)c2ccc(F)cc2)[C@@H](c2ccc(C[C@@H]3O[C@H](CO)[C@@H](O)[C@H](O)[C@@H]3O)cc2)N1c1ccccc1. The Kier molecular flexibility index (Phi) is 8.60. The number of aliphatic hydroxyl groups excluding tert-OH is 5. The summed E-state index contributed by atoms with van der Waals surface area (Å²) in [5.74, 6) is -0.766. The molecule has 3 aromatic rings. The van der Waals surface area contributed by atoms with Gasteiger partial charge in [-0.25, -0.2) is 4.39 Å². The van der Waals surface area contributed by atoms with Gasteiger partial charge in [0.2, 0.25) is 5.91 Å². The number of para-hydroxylation sites is 1. The van der Waals surface area contributed by atoms with Crippen molar-refractivity contribution >= 4 is 11.6 Å². The number of hydrogen-bond donors (Lipinski definition) is 5. The second-order valence-electron chi connectivity index (χ2n) is 10.6. The Hall–Kier alpha value is -3.18. The number of carbonyl (C=O) groups excluding carboxylic acids is 1. The van der Waals surface area contributed by atoms with Crippen LogP contribution in [0.4, 0.5) is 10.1 Å². The summed E-state index contributed by atoms with van der Waals surface area (Å²) in [4.78, 5) is 15.1. The Morgan fingerprint density at radius 1 is 0.850 bits per heavy atom. The number of β-lactam (4-membered cyclic amide) rings is 1. The van der Waals surface area contributed by atoms with E-state index < -0.39 is 43.2 Å². The highest BCUT2D eigenvalue weighted by Gasteiger charge is 2.48. The zero-order valence-electron chi connectivity index (χ0n) is 21.8.